The number of carbonyl (C=O) groups is 3. The largest absolute Gasteiger partial charge is 0.495 e. The molecule has 28 heavy (non-hydrogen) atoms. The van der Waals surface area contributed by atoms with Crippen molar-refractivity contribution in [1.82, 2.24) is 5.32 Å². The number of nitrogens with one attached hydrogen (secondary N) is 1. The number of hydrogen-bond donors (Lipinski definition) is 2. The van der Waals surface area contributed by atoms with Crippen LogP contribution in [0, 0.1) is 12.8 Å². The maximum atomic E-state index is 12.5. The molecule has 7 nitrogen and oxygen atoms in total. The second kappa shape index (κ2) is 8.12. The number of primary amides is 1. The molecule has 1 unspecified atom stereocenters. The maximum Gasteiger partial charge on any atom is 0.248 e. The lowest BCUT2D eigenvalue weighted by Crippen LogP contribution is -2.32. The van der Waals surface area contributed by atoms with Gasteiger partial charge in [0.1, 0.15) is 5.75 Å². The first-order valence-electron chi connectivity index (χ1n) is 9.00. The second-order valence-corrected chi connectivity index (χ2v) is 6.86. The lowest BCUT2D eigenvalue weighted by Gasteiger charge is -2.20. The van der Waals surface area contributed by atoms with Gasteiger partial charge in [-0.25, -0.2) is 0 Å². The highest BCUT2D eigenvalue weighted by molar-refractivity contribution is 6.01. The van der Waals surface area contributed by atoms with Gasteiger partial charge in [0, 0.05) is 25.1 Å². The van der Waals surface area contributed by atoms with Crippen molar-refractivity contribution in [3.8, 4) is 5.75 Å². The first kappa shape index (κ1) is 19.4. The third-order valence-electron chi connectivity index (χ3n) is 4.83. The number of rotatable bonds is 6. The van der Waals surface area contributed by atoms with E-state index in [2.05, 4.69) is 5.32 Å². The number of nitrogens with zero attached hydrogens (tertiary/aromatic N) is 1. The summed E-state index contributed by atoms with van der Waals surface area (Å²) in [5.74, 6) is -0.597. The standard InChI is InChI=1S/C21H23N3O4/c1-13-3-8-18(28-2)17(9-13)24-12-16(10-19(24)25)21(27)23-11-14-4-6-15(7-5-14)20(22)26/h3-9,16H,10-12H2,1-2H3,(H2,22,26)(H,23,27). The molecule has 2 aromatic carbocycles. The lowest BCUT2D eigenvalue weighted by molar-refractivity contribution is -0.126. The molecule has 0 aromatic heterocycles. The van der Waals surface area contributed by atoms with Crippen molar-refractivity contribution < 1.29 is 19.1 Å². The molecule has 0 spiro atoms. The average molecular weight is 381 g/mol. The number of carbonyl (C=O) groups excluding carboxylic acids is 3. The average Bonchev–Trinajstić information content (AvgIpc) is 3.08. The van der Waals surface area contributed by atoms with Crippen molar-refractivity contribution >= 4 is 23.4 Å². The molecule has 7 heteroatoms. The molecule has 1 aliphatic heterocycles. The van der Waals surface area contributed by atoms with E-state index in [4.69, 9.17) is 10.5 Å². The van der Waals surface area contributed by atoms with E-state index in [1.807, 2.05) is 25.1 Å². The van der Waals surface area contributed by atoms with Crippen LogP contribution in [-0.2, 0) is 16.1 Å². The Balaban J connectivity index is 1.64. The molecule has 3 rings (SSSR count). The minimum atomic E-state index is -0.494. The van der Waals surface area contributed by atoms with Gasteiger partial charge >= 0.3 is 0 Å². The molecular formula is C21H23N3O4. The van der Waals surface area contributed by atoms with Crippen molar-refractivity contribution in [1.29, 1.82) is 0 Å². The number of aryl methyl sites for hydroxylation is 1. The van der Waals surface area contributed by atoms with E-state index in [1.54, 1.807) is 36.3 Å². The van der Waals surface area contributed by atoms with Crippen LogP contribution in [0.3, 0.4) is 0 Å². The maximum absolute atomic E-state index is 12.5. The van der Waals surface area contributed by atoms with Gasteiger partial charge in [-0.3, -0.25) is 14.4 Å². The highest BCUT2D eigenvalue weighted by atomic mass is 16.5. The van der Waals surface area contributed by atoms with E-state index < -0.39 is 11.8 Å². The number of ether oxygens (including phenoxy) is 1. The molecule has 146 valence electrons. The van der Waals surface area contributed by atoms with Crippen LogP contribution in [0.25, 0.3) is 0 Å². The zero-order valence-corrected chi connectivity index (χ0v) is 15.9. The molecule has 0 bridgehead atoms. The third kappa shape index (κ3) is 4.14. The monoisotopic (exact) mass is 381 g/mol. The van der Waals surface area contributed by atoms with E-state index in [0.717, 1.165) is 11.1 Å². The number of hydrogen-bond acceptors (Lipinski definition) is 4. The summed E-state index contributed by atoms with van der Waals surface area (Å²) >= 11 is 0. The summed E-state index contributed by atoms with van der Waals surface area (Å²) in [4.78, 5) is 37.7. The van der Waals surface area contributed by atoms with Crippen LogP contribution >= 0.6 is 0 Å². The minimum Gasteiger partial charge on any atom is -0.495 e. The van der Waals surface area contributed by atoms with Gasteiger partial charge in [0.25, 0.3) is 0 Å². The Hall–Kier alpha value is -3.35. The summed E-state index contributed by atoms with van der Waals surface area (Å²) in [6.45, 7) is 2.57. The molecule has 1 aliphatic rings. The Kier molecular flexibility index (Phi) is 5.63. The predicted molar refractivity (Wildman–Crippen MR) is 105 cm³/mol. The van der Waals surface area contributed by atoms with Gasteiger partial charge in [-0.05, 0) is 42.3 Å². The SMILES string of the molecule is COc1ccc(C)cc1N1CC(C(=O)NCc2ccc(C(N)=O)cc2)CC1=O. The first-order chi connectivity index (χ1) is 13.4. The summed E-state index contributed by atoms with van der Waals surface area (Å²) in [5.41, 5.74) is 8.18. The molecule has 0 aliphatic carbocycles. The lowest BCUT2D eigenvalue weighted by atomic mass is 10.1. The summed E-state index contributed by atoms with van der Waals surface area (Å²) < 4.78 is 5.36. The van der Waals surface area contributed by atoms with E-state index in [1.165, 1.54) is 0 Å². The molecule has 3 N–H and O–H groups in total. The zero-order chi connectivity index (χ0) is 20.3. The van der Waals surface area contributed by atoms with E-state index in [0.29, 0.717) is 30.1 Å². The van der Waals surface area contributed by atoms with Crippen molar-refractivity contribution in [3.05, 3.63) is 59.2 Å². The number of amides is 3. The van der Waals surface area contributed by atoms with Gasteiger partial charge in [0.05, 0.1) is 18.7 Å². The predicted octanol–water partition coefficient (Wildman–Crippen LogP) is 1.77. The second-order valence-electron chi connectivity index (χ2n) is 6.86. The Morgan fingerprint density at radius 2 is 1.93 bits per heavy atom. The molecule has 1 saturated heterocycles. The van der Waals surface area contributed by atoms with E-state index in [9.17, 15) is 14.4 Å². The first-order valence-corrected chi connectivity index (χ1v) is 9.00. The van der Waals surface area contributed by atoms with Crippen LogP contribution in [-0.4, -0.2) is 31.4 Å². The summed E-state index contributed by atoms with van der Waals surface area (Å²) in [6, 6.07) is 12.3. The fraction of sp³-hybridized carbons (Fsp3) is 0.286. The van der Waals surface area contributed by atoms with Gasteiger partial charge in [0.2, 0.25) is 17.7 Å². The Labute approximate surface area is 163 Å². The topological polar surface area (TPSA) is 102 Å². The van der Waals surface area contributed by atoms with Gasteiger partial charge in [-0.15, -0.1) is 0 Å². The molecule has 2 aromatic rings. The summed E-state index contributed by atoms with van der Waals surface area (Å²) in [6.07, 6.45) is 0.156. The van der Waals surface area contributed by atoms with Gasteiger partial charge in [-0.2, -0.15) is 0 Å². The van der Waals surface area contributed by atoms with Crippen molar-refractivity contribution in [2.24, 2.45) is 11.7 Å². The molecule has 0 saturated carbocycles. The Morgan fingerprint density at radius 3 is 2.57 bits per heavy atom. The van der Waals surface area contributed by atoms with Crippen LogP contribution in [0.1, 0.15) is 27.9 Å². The van der Waals surface area contributed by atoms with Crippen molar-refractivity contribution in [3.63, 3.8) is 0 Å². The molecule has 3 amide bonds. The molecule has 1 fully saturated rings. The third-order valence-corrected chi connectivity index (χ3v) is 4.83. The Bertz CT molecular complexity index is 908. The molecule has 0 radical (unpaired) electrons. The van der Waals surface area contributed by atoms with Crippen LogP contribution < -0.4 is 20.7 Å². The molecular weight excluding hydrogens is 358 g/mol. The van der Waals surface area contributed by atoms with Gasteiger partial charge in [-0.1, -0.05) is 18.2 Å². The van der Waals surface area contributed by atoms with Crippen LogP contribution in [0.4, 0.5) is 5.69 Å². The fourth-order valence-electron chi connectivity index (χ4n) is 3.25. The highest BCUT2D eigenvalue weighted by Crippen LogP contribution is 2.33. The minimum absolute atomic E-state index is 0.102. The van der Waals surface area contributed by atoms with Crippen molar-refractivity contribution in [2.75, 3.05) is 18.6 Å². The normalized spacial score (nSPS) is 16.1. The Morgan fingerprint density at radius 1 is 1.21 bits per heavy atom. The quantitative estimate of drug-likeness (QED) is 0.796. The summed E-state index contributed by atoms with van der Waals surface area (Å²) in [7, 11) is 1.56. The number of anilines is 1. The van der Waals surface area contributed by atoms with Crippen LogP contribution in [0.2, 0.25) is 0 Å². The van der Waals surface area contributed by atoms with Crippen LogP contribution in [0.5, 0.6) is 5.75 Å². The van der Waals surface area contributed by atoms with Gasteiger partial charge in [0.15, 0.2) is 0 Å². The van der Waals surface area contributed by atoms with E-state index >= 15 is 0 Å². The highest BCUT2D eigenvalue weighted by Gasteiger charge is 2.36. The van der Waals surface area contributed by atoms with Gasteiger partial charge < -0.3 is 20.7 Å². The van der Waals surface area contributed by atoms with Crippen LogP contribution in [0.15, 0.2) is 42.5 Å². The number of nitrogens with two attached hydrogens (primary N) is 1. The molecule has 1 heterocycles. The zero-order valence-electron chi connectivity index (χ0n) is 15.9. The number of benzene rings is 2. The summed E-state index contributed by atoms with van der Waals surface area (Å²) in [5, 5.41) is 2.86. The fourth-order valence-corrected chi connectivity index (χ4v) is 3.25. The molecule has 1 atom stereocenters. The van der Waals surface area contributed by atoms with E-state index in [-0.39, 0.29) is 18.2 Å². The van der Waals surface area contributed by atoms with Crippen molar-refractivity contribution in [2.45, 2.75) is 19.9 Å². The smallest absolute Gasteiger partial charge is 0.248 e. The number of methoxy groups -OCH3 is 1.